The van der Waals surface area contributed by atoms with E-state index in [4.69, 9.17) is 11.6 Å². The van der Waals surface area contributed by atoms with Crippen LogP contribution in [0.2, 0.25) is 5.02 Å². The van der Waals surface area contributed by atoms with E-state index in [0.29, 0.717) is 41.7 Å². The van der Waals surface area contributed by atoms with Crippen LogP contribution in [-0.4, -0.2) is 47.0 Å². The van der Waals surface area contributed by atoms with Crippen molar-refractivity contribution in [3.05, 3.63) is 58.4 Å². The van der Waals surface area contributed by atoms with E-state index in [2.05, 4.69) is 15.2 Å². The second-order valence-electron chi connectivity index (χ2n) is 6.02. The van der Waals surface area contributed by atoms with Crippen molar-refractivity contribution in [1.82, 2.24) is 29.4 Å². The topological polar surface area (TPSA) is 92.0 Å². The van der Waals surface area contributed by atoms with Gasteiger partial charge in [0.05, 0.1) is 35.2 Å². The van der Waals surface area contributed by atoms with Crippen LogP contribution in [0.25, 0.3) is 0 Å². The highest BCUT2D eigenvalue weighted by atomic mass is 35.5. The number of nitrogens with zero attached hydrogens (tertiary/aromatic N) is 5. The van der Waals surface area contributed by atoms with Gasteiger partial charge in [-0.15, -0.1) is 0 Å². The number of halogens is 1. The normalized spacial score (nSPS) is 15.2. The number of carbonyl (C=O) groups excluding carboxylic acids is 1. The van der Waals surface area contributed by atoms with Crippen molar-refractivity contribution < 1.29 is 9.90 Å². The maximum Gasteiger partial charge on any atom is 0.270 e. The van der Waals surface area contributed by atoms with Crippen LogP contribution >= 0.6 is 11.6 Å². The molecule has 2 N–H and O–H groups in total. The first-order chi connectivity index (χ1) is 12.0. The molecule has 1 aliphatic heterocycles. The summed E-state index contributed by atoms with van der Waals surface area (Å²) in [5.41, 5.74) is 2.57. The Balaban J connectivity index is 1.55. The fourth-order valence-corrected chi connectivity index (χ4v) is 3.22. The van der Waals surface area contributed by atoms with Gasteiger partial charge in [-0.2, -0.15) is 10.2 Å². The van der Waals surface area contributed by atoms with E-state index in [-0.39, 0.29) is 5.91 Å². The lowest BCUT2D eigenvalue weighted by atomic mass is 10.1. The third-order valence-corrected chi connectivity index (χ3v) is 4.62. The Kier molecular flexibility index (Phi) is 3.85. The monoisotopic (exact) mass is 360 g/mol. The molecule has 4 rings (SSSR count). The molecule has 1 amide bonds. The van der Waals surface area contributed by atoms with E-state index in [1.54, 1.807) is 41.2 Å². The first-order valence-corrected chi connectivity index (χ1v) is 8.26. The van der Waals surface area contributed by atoms with Gasteiger partial charge in [0.1, 0.15) is 11.8 Å². The van der Waals surface area contributed by atoms with Crippen LogP contribution in [0.4, 0.5) is 0 Å². The number of nitrogens with one attached hydrogen (secondary N) is 1. The fourth-order valence-electron chi connectivity index (χ4n) is 3.06. The number of aromatic nitrogens is 5. The van der Waals surface area contributed by atoms with E-state index >= 15 is 0 Å². The third-order valence-electron chi connectivity index (χ3n) is 4.40. The molecule has 130 valence electrons. The molecule has 0 aliphatic carbocycles. The van der Waals surface area contributed by atoms with Gasteiger partial charge in [-0.05, 0) is 18.2 Å². The summed E-state index contributed by atoms with van der Waals surface area (Å²) in [6.45, 7) is 1.56. The summed E-state index contributed by atoms with van der Waals surface area (Å²) in [4.78, 5) is 17.2. The number of aliphatic hydroxyl groups is 1. The summed E-state index contributed by atoms with van der Waals surface area (Å²) in [5, 5.41) is 19.6. The Labute approximate surface area is 148 Å². The van der Waals surface area contributed by atoms with Crippen LogP contribution in [0, 0.1) is 0 Å². The Morgan fingerprint density at radius 1 is 1.40 bits per heavy atom. The highest BCUT2D eigenvalue weighted by molar-refractivity contribution is 6.30. The Bertz CT molecular complexity index is 927. The van der Waals surface area contributed by atoms with Crippen LogP contribution < -0.4 is 0 Å². The predicted octanol–water partition coefficient (Wildman–Crippen LogP) is 1.34. The summed E-state index contributed by atoms with van der Waals surface area (Å²) < 4.78 is 3.45. The van der Waals surface area contributed by atoms with Crippen molar-refractivity contribution in [1.29, 1.82) is 0 Å². The zero-order valence-corrected chi connectivity index (χ0v) is 14.3. The average Bonchev–Trinajstić information content (AvgIpc) is 3.32. The quantitative estimate of drug-likeness (QED) is 0.737. The van der Waals surface area contributed by atoms with Crippen molar-refractivity contribution in [2.24, 2.45) is 7.05 Å². The van der Waals surface area contributed by atoms with Crippen molar-refractivity contribution in [2.45, 2.75) is 19.2 Å². The number of aromatic amines is 1. The van der Waals surface area contributed by atoms with E-state index < -0.39 is 6.10 Å². The first kappa shape index (κ1) is 15.9. The van der Waals surface area contributed by atoms with E-state index in [0.717, 1.165) is 5.69 Å². The number of carbonyl (C=O) groups is 1. The van der Waals surface area contributed by atoms with Gasteiger partial charge in [0.25, 0.3) is 5.91 Å². The number of hydrogen-bond donors (Lipinski definition) is 2. The Morgan fingerprint density at radius 3 is 2.92 bits per heavy atom. The Morgan fingerprint density at radius 2 is 2.24 bits per heavy atom. The summed E-state index contributed by atoms with van der Waals surface area (Å²) >= 11 is 5.87. The number of aliphatic hydroxyl groups excluding tert-OH is 1. The van der Waals surface area contributed by atoms with Crippen molar-refractivity contribution >= 4 is 17.5 Å². The highest BCUT2D eigenvalue weighted by Gasteiger charge is 2.26. The molecule has 4 heterocycles. The number of fused-ring (bicyclic) bond motifs is 1. The molecule has 0 saturated heterocycles. The highest BCUT2D eigenvalue weighted by Crippen LogP contribution is 2.24. The summed E-state index contributed by atoms with van der Waals surface area (Å²) in [7, 11) is 1.77. The minimum atomic E-state index is -0.850. The lowest BCUT2D eigenvalue weighted by Gasteiger charge is -2.27. The molecule has 1 aliphatic rings. The second-order valence-corrected chi connectivity index (χ2v) is 6.46. The van der Waals surface area contributed by atoms with E-state index in [9.17, 15) is 9.90 Å². The number of amides is 1. The zero-order valence-electron chi connectivity index (χ0n) is 13.6. The molecule has 0 spiro atoms. The molecule has 0 bridgehead atoms. The van der Waals surface area contributed by atoms with Gasteiger partial charge in [-0.3, -0.25) is 14.2 Å². The first-order valence-electron chi connectivity index (χ1n) is 7.88. The molecule has 3 aromatic heterocycles. The lowest BCUT2D eigenvalue weighted by molar-refractivity contribution is 0.0700. The van der Waals surface area contributed by atoms with Gasteiger partial charge in [0, 0.05) is 26.0 Å². The van der Waals surface area contributed by atoms with Crippen LogP contribution in [0.3, 0.4) is 0 Å². The number of rotatable bonds is 3. The molecule has 1 atom stereocenters. The smallest absolute Gasteiger partial charge is 0.270 e. The second kappa shape index (κ2) is 6.05. The van der Waals surface area contributed by atoms with Crippen LogP contribution in [0.15, 0.2) is 30.6 Å². The van der Waals surface area contributed by atoms with Gasteiger partial charge in [0.15, 0.2) is 0 Å². The predicted molar refractivity (Wildman–Crippen MR) is 90.0 cm³/mol. The van der Waals surface area contributed by atoms with Gasteiger partial charge in [-0.1, -0.05) is 11.6 Å². The fraction of sp³-hybridized carbons (Fsp3) is 0.312. The molecule has 0 saturated carbocycles. The molecule has 9 heteroatoms. The van der Waals surface area contributed by atoms with Crippen molar-refractivity contribution in [2.75, 3.05) is 6.54 Å². The van der Waals surface area contributed by atoms with Gasteiger partial charge in [0.2, 0.25) is 0 Å². The molecule has 8 nitrogen and oxygen atoms in total. The van der Waals surface area contributed by atoms with Crippen LogP contribution in [-0.2, 0) is 20.1 Å². The minimum Gasteiger partial charge on any atom is -0.380 e. The average molecular weight is 361 g/mol. The van der Waals surface area contributed by atoms with Gasteiger partial charge >= 0.3 is 0 Å². The largest absolute Gasteiger partial charge is 0.380 e. The van der Waals surface area contributed by atoms with Gasteiger partial charge < -0.3 is 15.0 Å². The molecule has 3 aromatic rings. The molecule has 0 fully saturated rings. The van der Waals surface area contributed by atoms with E-state index in [1.807, 2.05) is 10.7 Å². The standard InChI is InChI=1S/C16H17ClN6O2/c1-21-14(2-3-19-21)15(24)12-7-11-9-22(4-5-23(11)20-12)16(25)13-6-10(17)8-18-13/h2-3,6-8,15,18,24H,4-5,9H2,1H3. The molecule has 0 radical (unpaired) electrons. The van der Waals surface area contributed by atoms with Crippen LogP contribution in [0.5, 0.6) is 0 Å². The zero-order chi connectivity index (χ0) is 17.6. The van der Waals surface area contributed by atoms with Crippen molar-refractivity contribution in [3.63, 3.8) is 0 Å². The number of hydrogen-bond acceptors (Lipinski definition) is 4. The minimum absolute atomic E-state index is 0.104. The van der Waals surface area contributed by atoms with Gasteiger partial charge in [-0.25, -0.2) is 0 Å². The number of H-pyrrole nitrogens is 1. The molecule has 1 unspecified atom stereocenters. The van der Waals surface area contributed by atoms with Crippen molar-refractivity contribution in [3.8, 4) is 0 Å². The summed E-state index contributed by atoms with van der Waals surface area (Å²) in [5.74, 6) is -0.104. The van der Waals surface area contributed by atoms with Crippen LogP contribution in [0.1, 0.15) is 33.7 Å². The molecule has 0 aromatic carbocycles. The molecular weight excluding hydrogens is 344 g/mol. The number of aryl methyl sites for hydroxylation is 1. The summed E-state index contributed by atoms with van der Waals surface area (Å²) in [6.07, 6.45) is 2.37. The SMILES string of the molecule is Cn1nccc1C(O)c1cc2n(n1)CCN(C(=O)c1cc(Cl)c[nH]1)C2. The summed E-state index contributed by atoms with van der Waals surface area (Å²) in [6, 6.07) is 5.21. The third kappa shape index (κ3) is 2.83. The maximum absolute atomic E-state index is 12.5. The maximum atomic E-state index is 12.5. The lowest BCUT2D eigenvalue weighted by Crippen LogP contribution is -2.38. The van der Waals surface area contributed by atoms with E-state index in [1.165, 1.54) is 0 Å². The molecule has 25 heavy (non-hydrogen) atoms. The Hall–Kier alpha value is -2.58. The molecular formula is C16H17ClN6O2.